The van der Waals surface area contributed by atoms with E-state index in [1.165, 1.54) is 0 Å². The normalized spacial score (nSPS) is 9.96. The summed E-state index contributed by atoms with van der Waals surface area (Å²) in [6.45, 7) is 0.282. The van der Waals surface area contributed by atoms with E-state index in [0.717, 1.165) is 16.9 Å². The third-order valence-electron chi connectivity index (χ3n) is 3.87. The van der Waals surface area contributed by atoms with Crippen LogP contribution in [-0.4, -0.2) is 12.6 Å². The van der Waals surface area contributed by atoms with E-state index in [-0.39, 0.29) is 6.61 Å². The van der Waals surface area contributed by atoms with Crippen molar-refractivity contribution in [1.82, 2.24) is 0 Å². The quantitative estimate of drug-likeness (QED) is 0.435. The Morgan fingerprint density at radius 2 is 1.36 bits per heavy atom. The molecule has 3 aromatic carbocycles. The molecule has 3 rings (SSSR count). The standard InChI is InChI=1S/C23H19NO4/c24-15-14-18-6-8-22(9-7-18)28-23(25)17-27-21-12-10-20(11-13-21)26-16-19-4-2-1-3-5-19/h1-13H,14,16-17H2. The fourth-order valence-corrected chi connectivity index (χ4v) is 2.44. The second-order valence-electron chi connectivity index (χ2n) is 5.99. The highest BCUT2D eigenvalue weighted by Crippen LogP contribution is 2.19. The van der Waals surface area contributed by atoms with Crippen molar-refractivity contribution in [2.45, 2.75) is 13.0 Å². The molecule has 0 amide bonds. The summed E-state index contributed by atoms with van der Waals surface area (Å²) >= 11 is 0. The molecule has 0 saturated carbocycles. The molecule has 0 unspecified atom stereocenters. The Balaban J connectivity index is 1.43. The fourth-order valence-electron chi connectivity index (χ4n) is 2.44. The van der Waals surface area contributed by atoms with Gasteiger partial charge in [0, 0.05) is 0 Å². The Morgan fingerprint density at radius 1 is 0.750 bits per heavy atom. The van der Waals surface area contributed by atoms with Gasteiger partial charge in [-0.3, -0.25) is 0 Å². The molecule has 5 heteroatoms. The number of carbonyl (C=O) groups is 1. The fraction of sp³-hybridized carbons (Fsp3) is 0.130. The number of hydrogen-bond acceptors (Lipinski definition) is 5. The zero-order chi connectivity index (χ0) is 19.6. The third-order valence-corrected chi connectivity index (χ3v) is 3.87. The van der Waals surface area contributed by atoms with Crippen LogP contribution in [0.1, 0.15) is 11.1 Å². The molecule has 0 N–H and O–H groups in total. The van der Waals surface area contributed by atoms with Gasteiger partial charge >= 0.3 is 5.97 Å². The highest BCUT2D eigenvalue weighted by atomic mass is 16.6. The first-order valence-electron chi connectivity index (χ1n) is 8.79. The number of nitriles is 1. The Morgan fingerprint density at radius 3 is 2.00 bits per heavy atom. The van der Waals surface area contributed by atoms with Crippen LogP contribution in [0, 0.1) is 11.3 Å². The van der Waals surface area contributed by atoms with Gasteiger partial charge < -0.3 is 14.2 Å². The maximum atomic E-state index is 11.9. The molecule has 0 fully saturated rings. The maximum Gasteiger partial charge on any atom is 0.349 e. The lowest BCUT2D eigenvalue weighted by atomic mass is 10.2. The first-order chi connectivity index (χ1) is 13.7. The van der Waals surface area contributed by atoms with E-state index in [1.54, 1.807) is 48.5 Å². The summed E-state index contributed by atoms with van der Waals surface area (Å²) in [6, 6.07) is 25.8. The van der Waals surface area contributed by atoms with Crippen molar-refractivity contribution in [2.75, 3.05) is 6.61 Å². The monoisotopic (exact) mass is 373 g/mol. The molecule has 0 heterocycles. The summed E-state index contributed by atoms with van der Waals surface area (Å²) in [5.74, 6) is 1.18. The maximum absolute atomic E-state index is 11.9. The number of esters is 1. The molecule has 0 bridgehead atoms. The minimum atomic E-state index is -0.502. The van der Waals surface area contributed by atoms with Crippen LogP contribution in [0.25, 0.3) is 0 Å². The number of hydrogen-bond donors (Lipinski definition) is 0. The van der Waals surface area contributed by atoms with Gasteiger partial charge in [-0.2, -0.15) is 5.26 Å². The summed E-state index contributed by atoms with van der Waals surface area (Å²) in [5.41, 5.74) is 1.96. The minimum Gasteiger partial charge on any atom is -0.489 e. The summed E-state index contributed by atoms with van der Waals surface area (Å²) < 4.78 is 16.4. The summed E-state index contributed by atoms with van der Waals surface area (Å²) in [7, 11) is 0. The van der Waals surface area contributed by atoms with Crippen LogP contribution in [0.3, 0.4) is 0 Å². The molecule has 0 aliphatic heterocycles. The van der Waals surface area contributed by atoms with Crippen LogP contribution >= 0.6 is 0 Å². The van der Waals surface area contributed by atoms with E-state index in [4.69, 9.17) is 19.5 Å². The van der Waals surface area contributed by atoms with Crippen LogP contribution < -0.4 is 14.2 Å². The first-order valence-corrected chi connectivity index (χ1v) is 8.79. The molecule has 140 valence electrons. The lowest BCUT2D eigenvalue weighted by Crippen LogP contribution is -2.17. The van der Waals surface area contributed by atoms with Gasteiger partial charge in [0.25, 0.3) is 0 Å². The smallest absolute Gasteiger partial charge is 0.349 e. The van der Waals surface area contributed by atoms with Crippen molar-refractivity contribution in [3.8, 4) is 23.3 Å². The second kappa shape index (κ2) is 9.79. The highest BCUT2D eigenvalue weighted by molar-refractivity contribution is 5.74. The Bertz CT molecular complexity index is 929. The van der Waals surface area contributed by atoms with Gasteiger partial charge in [-0.1, -0.05) is 42.5 Å². The van der Waals surface area contributed by atoms with E-state index in [0.29, 0.717) is 24.5 Å². The molecule has 28 heavy (non-hydrogen) atoms. The van der Waals surface area contributed by atoms with E-state index in [1.807, 2.05) is 30.3 Å². The second-order valence-corrected chi connectivity index (χ2v) is 5.99. The van der Waals surface area contributed by atoms with Gasteiger partial charge in [0.15, 0.2) is 6.61 Å². The number of rotatable bonds is 8. The lowest BCUT2D eigenvalue weighted by molar-refractivity contribution is -0.136. The number of ether oxygens (including phenoxy) is 3. The molecular formula is C23H19NO4. The first kappa shape index (κ1) is 19.0. The number of nitrogens with zero attached hydrogens (tertiary/aromatic N) is 1. The average molecular weight is 373 g/mol. The van der Waals surface area contributed by atoms with Crippen LogP contribution in [0.15, 0.2) is 78.9 Å². The van der Waals surface area contributed by atoms with Crippen molar-refractivity contribution < 1.29 is 19.0 Å². The van der Waals surface area contributed by atoms with Gasteiger partial charge in [-0.25, -0.2) is 4.79 Å². The van der Waals surface area contributed by atoms with E-state index in [9.17, 15) is 4.79 Å². The highest BCUT2D eigenvalue weighted by Gasteiger charge is 2.07. The zero-order valence-electron chi connectivity index (χ0n) is 15.2. The van der Waals surface area contributed by atoms with E-state index in [2.05, 4.69) is 6.07 Å². The van der Waals surface area contributed by atoms with Crippen molar-refractivity contribution >= 4 is 5.97 Å². The molecule has 3 aromatic rings. The molecule has 0 aliphatic rings. The predicted molar refractivity (Wildman–Crippen MR) is 104 cm³/mol. The molecule has 0 aliphatic carbocycles. The molecular weight excluding hydrogens is 354 g/mol. The number of carbonyl (C=O) groups excluding carboxylic acids is 1. The van der Waals surface area contributed by atoms with Gasteiger partial charge in [-0.15, -0.1) is 0 Å². The van der Waals surface area contributed by atoms with Crippen LogP contribution in [-0.2, 0) is 17.8 Å². The largest absolute Gasteiger partial charge is 0.489 e. The molecule has 0 spiro atoms. The average Bonchev–Trinajstić information content (AvgIpc) is 2.74. The van der Waals surface area contributed by atoms with Gasteiger partial charge in [0.05, 0.1) is 12.5 Å². The SMILES string of the molecule is N#CCc1ccc(OC(=O)COc2ccc(OCc3ccccc3)cc2)cc1. The van der Waals surface area contributed by atoms with E-state index < -0.39 is 5.97 Å². The van der Waals surface area contributed by atoms with Crippen molar-refractivity contribution in [1.29, 1.82) is 5.26 Å². The third kappa shape index (κ3) is 5.89. The predicted octanol–water partition coefficient (Wildman–Crippen LogP) is 4.32. The minimum absolute atomic E-state index is 0.204. The summed E-state index contributed by atoms with van der Waals surface area (Å²) in [6.07, 6.45) is 0.322. The van der Waals surface area contributed by atoms with Crippen LogP contribution in [0.4, 0.5) is 0 Å². The van der Waals surface area contributed by atoms with Crippen molar-refractivity contribution in [3.05, 3.63) is 90.0 Å². The Kier molecular flexibility index (Phi) is 6.64. The van der Waals surface area contributed by atoms with E-state index >= 15 is 0 Å². The van der Waals surface area contributed by atoms with Crippen molar-refractivity contribution in [2.24, 2.45) is 0 Å². The Labute approximate surface area is 163 Å². The molecule has 0 aromatic heterocycles. The summed E-state index contributed by atoms with van der Waals surface area (Å²) in [4.78, 5) is 11.9. The lowest BCUT2D eigenvalue weighted by Gasteiger charge is -2.09. The molecule has 0 saturated heterocycles. The number of benzene rings is 3. The van der Waals surface area contributed by atoms with Crippen LogP contribution in [0.2, 0.25) is 0 Å². The molecule has 0 radical (unpaired) electrons. The van der Waals surface area contributed by atoms with Gasteiger partial charge in [-0.05, 0) is 47.5 Å². The van der Waals surface area contributed by atoms with Crippen LogP contribution in [0.5, 0.6) is 17.2 Å². The van der Waals surface area contributed by atoms with Crippen molar-refractivity contribution in [3.63, 3.8) is 0 Å². The topological polar surface area (TPSA) is 68.5 Å². The van der Waals surface area contributed by atoms with Gasteiger partial charge in [0.2, 0.25) is 0 Å². The van der Waals surface area contributed by atoms with Gasteiger partial charge in [0.1, 0.15) is 23.9 Å². The summed E-state index contributed by atoms with van der Waals surface area (Å²) in [5, 5.41) is 8.65. The molecule has 5 nitrogen and oxygen atoms in total. The molecule has 0 atom stereocenters. The Hall–Kier alpha value is -3.78. The zero-order valence-corrected chi connectivity index (χ0v) is 15.2.